The fourth-order valence-corrected chi connectivity index (χ4v) is 2.85. The van der Waals surface area contributed by atoms with Gasteiger partial charge in [0.25, 0.3) is 0 Å². The molecule has 0 radical (unpaired) electrons. The van der Waals surface area contributed by atoms with Gasteiger partial charge in [0, 0.05) is 21.7 Å². The Morgan fingerprint density at radius 1 is 1.10 bits per heavy atom. The molecule has 0 fully saturated rings. The minimum absolute atomic E-state index is 0.176. The van der Waals surface area contributed by atoms with Crippen LogP contribution in [-0.4, -0.2) is 19.9 Å². The quantitative estimate of drug-likeness (QED) is 0.894. The molecule has 0 unspecified atom stereocenters. The maximum atomic E-state index is 6.21. The van der Waals surface area contributed by atoms with E-state index in [9.17, 15) is 0 Å². The van der Waals surface area contributed by atoms with Gasteiger partial charge in [-0.3, -0.25) is 5.32 Å². The van der Waals surface area contributed by atoms with Gasteiger partial charge >= 0.3 is 0 Å². The van der Waals surface area contributed by atoms with Crippen LogP contribution >= 0.6 is 23.2 Å². The van der Waals surface area contributed by atoms with Gasteiger partial charge in [-0.25, -0.2) is 0 Å². The number of benzene rings is 2. The molecule has 1 N–H and O–H groups in total. The van der Waals surface area contributed by atoms with Gasteiger partial charge in [0.15, 0.2) is 17.7 Å². The van der Waals surface area contributed by atoms with Crippen LogP contribution < -0.4 is 14.8 Å². The standard InChI is InChI=1S/C16H15Cl2NO2/c1-9-5-10(17)3-4-12(9)13-6-11(18)7-14-16(13)21-15(19-2)8-20-14/h3-7,15,19H,8H2,1-2H3/t15-/m0/s1. The third-order valence-corrected chi connectivity index (χ3v) is 3.92. The molecule has 21 heavy (non-hydrogen) atoms. The molecule has 0 amide bonds. The van der Waals surface area contributed by atoms with Crippen molar-refractivity contribution in [1.29, 1.82) is 0 Å². The van der Waals surface area contributed by atoms with Crippen molar-refractivity contribution in [2.75, 3.05) is 13.7 Å². The summed E-state index contributed by atoms with van der Waals surface area (Å²) >= 11 is 12.2. The second-order valence-electron chi connectivity index (χ2n) is 4.95. The van der Waals surface area contributed by atoms with Crippen molar-refractivity contribution in [3.63, 3.8) is 0 Å². The molecule has 0 aliphatic carbocycles. The number of aryl methyl sites for hydroxylation is 1. The topological polar surface area (TPSA) is 30.5 Å². The van der Waals surface area contributed by atoms with Crippen LogP contribution in [0, 0.1) is 6.92 Å². The number of fused-ring (bicyclic) bond motifs is 1. The van der Waals surface area contributed by atoms with Gasteiger partial charge in [0.05, 0.1) is 0 Å². The summed E-state index contributed by atoms with van der Waals surface area (Å²) in [7, 11) is 1.84. The number of ether oxygens (including phenoxy) is 2. The highest BCUT2D eigenvalue weighted by Gasteiger charge is 2.24. The fraction of sp³-hybridized carbons (Fsp3) is 0.250. The summed E-state index contributed by atoms with van der Waals surface area (Å²) in [6.45, 7) is 2.45. The summed E-state index contributed by atoms with van der Waals surface area (Å²) in [6, 6.07) is 9.41. The lowest BCUT2D eigenvalue weighted by Gasteiger charge is -2.28. The summed E-state index contributed by atoms with van der Waals surface area (Å²) in [5, 5.41) is 4.38. The molecule has 0 bridgehead atoms. The Hall–Kier alpha value is -1.42. The maximum Gasteiger partial charge on any atom is 0.184 e. The Labute approximate surface area is 133 Å². The Morgan fingerprint density at radius 2 is 1.90 bits per heavy atom. The van der Waals surface area contributed by atoms with Crippen molar-refractivity contribution < 1.29 is 9.47 Å². The van der Waals surface area contributed by atoms with Crippen LogP contribution in [0.1, 0.15) is 5.56 Å². The molecule has 2 aromatic rings. The molecule has 3 nitrogen and oxygen atoms in total. The first-order valence-electron chi connectivity index (χ1n) is 6.65. The zero-order valence-electron chi connectivity index (χ0n) is 11.7. The lowest BCUT2D eigenvalue weighted by molar-refractivity contribution is 0.0733. The SMILES string of the molecule is CN[C@@H]1COc2cc(Cl)cc(-c3ccc(Cl)cc3C)c2O1. The molecular formula is C16H15Cl2NO2. The largest absolute Gasteiger partial charge is 0.484 e. The van der Waals surface area contributed by atoms with Crippen LogP contribution in [0.3, 0.4) is 0 Å². The monoisotopic (exact) mass is 323 g/mol. The normalized spacial score (nSPS) is 16.9. The second-order valence-corrected chi connectivity index (χ2v) is 5.82. The fourth-order valence-electron chi connectivity index (χ4n) is 2.41. The Bertz CT molecular complexity index is 688. The van der Waals surface area contributed by atoms with Crippen molar-refractivity contribution in [2.24, 2.45) is 0 Å². The highest BCUT2D eigenvalue weighted by atomic mass is 35.5. The van der Waals surface area contributed by atoms with E-state index in [1.54, 1.807) is 6.07 Å². The summed E-state index contributed by atoms with van der Waals surface area (Å²) in [4.78, 5) is 0. The molecule has 2 aromatic carbocycles. The Kier molecular flexibility index (Phi) is 3.98. The van der Waals surface area contributed by atoms with Crippen molar-refractivity contribution in [3.8, 4) is 22.6 Å². The van der Waals surface area contributed by atoms with Crippen molar-refractivity contribution in [2.45, 2.75) is 13.2 Å². The zero-order chi connectivity index (χ0) is 15.0. The van der Waals surface area contributed by atoms with E-state index in [0.717, 1.165) is 16.7 Å². The van der Waals surface area contributed by atoms with Crippen LogP contribution in [-0.2, 0) is 0 Å². The predicted molar refractivity (Wildman–Crippen MR) is 85.6 cm³/mol. The minimum Gasteiger partial charge on any atom is -0.484 e. The molecule has 1 aliphatic heterocycles. The van der Waals surface area contributed by atoms with Crippen LogP contribution in [0.5, 0.6) is 11.5 Å². The first-order valence-corrected chi connectivity index (χ1v) is 7.41. The number of hydrogen-bond donors (Lipinski definition) is 1. The van der Waals surface area contributed by atoms with Crippen molar-refractivity contribution in [3.05, 3.63) is 45.9 Å². The first-order chi connectivity index (χ1) is 10.1. The van der Waals surface area contributed by atoms with Crippen molar-refractivity contribution >= 4 is 23.2 Å². The highest BCUT2D eigenvalue weighted by Crippen LogP contribution is 2.44. The number of hydrogen-bond acceptors (Lipinski definition) is 3. The molecule has 1 atom stereocenters. The average Bonchev–Trinajstić information content (AvgIpc) is 2.46. The summed E-state index contributed by atoms with van der Waals surface area (Å²) in [5.41, 5.74) is 2.99. The maximum absolute atomic E-state index is 6.21. The summed E-state index contributed by atoms with van der Waals surface area (Å²) < 4.78 is 11.7. The van der Waals surface area contributed by atoms with Crippen LogP contribution in [0.4, 0.5) is 0 Å². The summed E-state index contributed by atoms with van der Waals surface area (Å²) in [5.74, 6) is 1.37. The lowest BCUT2D eigenvalue weighted by atomic mass is 9.99. The minimum atomic E-state index is -0.176. The van der Waals surface area contributed by atoms with Gasteiger partial charge in [0.1, 0.15) is 6.61 Å². The van der Waals surface area contributed by atoms with Crippen LogP contribution in [0.2, 0.25) is 10.0 Å². The first kappa shape index (κ1) is 14.5. The Morgan fingerprint density at radius 3 is 2.62 bits per heavy atom. The molecule has 0 aromatic heterocycles. The average molecular weight is 324 g/mol. The second kappa shape index (κ2) is 5.76. The van der Waals surface area contributed by atoms with Crippen molar-refractivity contribution in [1.82, 2.24) is 5.32 Å². The van der Waals surface area contributed by atoms with Gasteiger partial charge in [-0.2, -0.15) is 0 Å². The molecule has 0 saturated heterocycles. The van der Waals surface area contributed by atoms with E-state index in [4.69, 9.17) is 32.7 Å². The van der Waals surface area contributed by atoms with Crippen LogP contribution in [0.15, 0.2) is 30.3 Å². The Balaban J connectivity index is 2.16. The molecule has 0 spiro atoms. The third-order valence-electron chi connectivity index (χ3n) is 3.47. The smallest absolute Gasteiger partial charge is 0.184 e. The molecule has 110 valence electrons. The van der Waals surface area contributed by atoms with Gasteiger partial charge < -0.3 is 9.47 Å². The number of nitrogens with one attached hydrogen (secondary N) is 1. The van der Waals surface area contributed by atoms with Gasteiger partial charge in [-0.1, -0.05) is 29.3 Å². The summed E-state index contributed by atoms with van der Waals surface area (Å²) in [6.07, 6.45) is -0.176. The van der Waals surface area contributed by atoms with Gasteiger partial charge in [-0.15, -0.1) is 0 Å². The van der Waals surface area contributed by atoms with Gasteiger partial charge in [-0.05, 0) is 43.3 Å². The highest BCUT2D eigenvalue weighted by molar-refractivity contribution is 6.31. The zero-order valence-corrected chi connectivity index (χ0v) is 13.3. The molecule has 3 rings (SSSR count). The third kappa shape index (κ3) is 2.82. The lowest BCUT2D eigenvalue weighted by Crippen LogP contribution is -2.39. The van der Waals surface area contributed by atoms with E-state index in [0.29, 0.717) is 28.2 Å². The molecular weight excluding hydrogens is 309 g/mol. The molecule has 0 saturated carbocycles. The molecule has 1 aliphatic rings. The van der Waals surface area contributed by atoms with Crippen LogP contribution in [0.25, 0.3) is 11.1 Å². The van der Waals surface area contributed by atoms with E-state index in [2.05, 4.69) is 5.32 Å². The number of rotatable bonds is 2. The van der Waals surface area contributed by atoms with E-state index in [-0.39, 0.29) is 6.23 Å². The van der Waals surface area contributed by atoms with E-state index >= 15 is 0 Å². The number of likely N-dealkylation sites (N-methyl/N-ethyl adjacent to an activating group) is 1. The van der Waals surface area contributed by atoms with E-state index in [1.165, 1.54) is 0 Å². The number of halogens is 2. The predicted octanol–water partition coefficient (Wildman–Crippen LogP) is 4.29. The molecule has 5 heteroatoms. The van der Waals surface area contributed by atoms with E-state index < -0.39 is 0 Å². The van der Waals surface area contributed by atoms with E-state index in [1.807, 2.05) is 38.2 Å². The molecule has 1 heterocycles. The van der Waals surface area contributed by atoms with Gasteiger partial charge in [0.2, 0.25) is 0 Å².